The van der Waals surface area contributed by atoms with Crippen LogP contribution in [0.25, 0.3) is 11.0 Å². The van der Waals surface area contributed by atoms with Gasteiger partial charge in [0.2, 0.25) is 5.95 Å². The van der Waals surface area contributed by atoms with Crippen molar-refractivity contribution in [3.8, 4) is 0 Å². The van der Waals surface area contributed by atoms with Crippen molar-refractivity contribution in [3.63, 3.8) is 0 Å². The number of hydrogen-bond acceptors (Lipinski definition) is 5. The molecule has 1 unspecified atom stereocenters. The monoisotopic (exact) mass is 532 g/mol. The predicted molar refractivity (Wildman–Crippen MR) is 157 cm³/mol. The van der Waals surface area contributed by atoms with Crippen LogP contribution in [-0.2, 0) is 6.54 Å². The number of benzene rings is 1. The van der Waals surface area contributed by atoms with Crippen LogP contribution >= 0.6 is 0 Å². The van der Waals surface area contributed by atoms with Crippen molar-refractivity contribution in [2.45, 2.75) is 90.6 Å². The van der Waals surface area contributed by atoms with Crippen molar-refractivity contribution in [1.29, 1.82) is 0 Å². The topological polar surface area (TPSA) is 106 Å². The van der Waals surface area contributed by atoms with Gasteiger partial charge in [0.05, 0.1) is 16.6 Å². The summed E-state index contributed by atoms with van der Waals surface area (Å²) in [4.78, 5) is 37.6. The summed E-state index contributed by atoms with van der Waals surface area (Å²) in [5, 5.41) is 3.02. The van der Waals surface area contributed by atoms with E-state index in [1.807, 2.05) is 23.1 Å². The molecule has 8 heteroatoms. The molecule has 0 aliphatic heterocycles. The molecule has 1 saturated carbocycles. The third kappa shape index (κ3) is 7.24. The van der Waals surface area contributed by atoms with E-state index in [4.69, 9.17) is 10.7 Å². The molecule has 2 amide bonds. The van der Waals surface area contributed by atoms with Crippen LogP contribution in [0.2, 0.25) is 0 Å². The largest absolute Gasteiger partial charge is 0.336 e. The first-order valence-electron chi connectivity index (χ1n) is 14.8. The molecule has 1 aliphatic carbocycles. The molecule has 0 bridgehead atoms. The summed E-state index contributed by atoms with van der Waals surface area (Å²) < 4.78 is 2.10. The molecule has 39 heavy (non-hydrogen) atoms. The second-order valence-corrected chi connectivity index (χ2v) is 10.7. The first-order valence-corrected chi connectivity index (χ1v) is 14.8. The number of carbonyl (C=O) groups is 2. The number of hydrogen-bond donors (Lipinski definition) is 2. The number of nitrogens with zero attached hydrogens (tertiary/aromatic N) is 4. The highest BCUT2D eigenvalue weighted by atomic mass is 16.2. The molecule has 4 rings (SSSR count). The zero-order valence-electron chi connectivity index (χ0n) is 23.6. The zero-order chi connectivity index (χ0) is 27.6. The number of aromatic nitrogens is 3. The average Bonchev–Trinajstić information content (AvgIpc) is 3.31. The van der Waals surface area contributed by atoms with Crippen LogP contribution in [0.5, 0.6) is 0 Å². The van der Waals surface area contributed by atoms with E-state index in [0.29, 0.717) is 35.6 Å². The van der Waals surface area contributed by atoms with Crippen molar-refractivity contribution < 1.29 is 9.59 Å². The second kappa shape index (κ2) is 14.2. The molecule has 2 aromatic heterocycles. The van der Waals surface area contributed by atoms with Gasteiger partial charge in [-0.1, -0.05) is 45.4 Å². The normalized spacial score (nSPS) is 14.8. The van der Waals surface area contributed by atoms with E-state index in [1.165, 1.54) is 19.3 Å². The van der Waals surface area contributed by atoms with E-state index in [1.54, 1.807) is 24.5 Å². The van der Waals surface area contributed by atoms with Gasteiger partial charge in [-0.15, -0.1) is 0 Å². The summed E-state index contributed by atoms with van der Waals surface area (Å²) in [6, 6.07) is 9.60. The van der Waals surface area contributed by atoms with Gasteiger partial charge >= 0.3 is 0 Å². The standard InChI is InChI=1S/C31H44N6O2/c1-3-23(12-7-6-10-18-32)22-37-28-17-16-24(30(39)36(4-2)26-14-8-5-9-15-26)20-27(28)34-31(37)35-29(38)25-13-11-19-33-21-25/h11,13,16-17,19-21,23,26H,3-10,12,14-15,18,22,32H2,1-2H3,(H,34,35,38). The van der Waals surface area contributed by atoms with Gasteiger partial charge in [-0.3, -0.25) is 19.9 Å². The molecular formula is C31H44N6O2. The number of nitrogens with two attached hydrogens (primary N) is 1. The number of carbonyl (C=O) groups excluding carboxylic acids is 2. The van der Waals surface area contributed by atoms with E-state index in [2.05, 4.69) is 28.7 Å². The molecule has 3 aromatic rings. The van der Waals surface area contributed by atoms with Gasteiger partial charge in [0.15, 0.2) is 0 Å². The minimum Gasteiger partial charge on any atom is -0.336 e. The number of rotatable bonds is 13. The number of imidazole rings is 1. The van der Waals surface area contributed by atoms with E-state index in [0.717, 1.165) is 69.1 Å². The Labute approximate surface area is 232 Å². The molecule has 3 N–H and O–H groups in total. The maximum Gasteiger partial charge on any atom is 0.259 e. The fourth-order valence-electron chi connectivity index (χ4n) is 5.78. The van der Waals surface area contributed by atoms with Gasteiger partial charge in [0.25, 0.3) is 11.8 Å². The Balaban J connectivity index is 1.63. The highest BCUT2D eigenvalue weighted by molar-refractivity contribution is 6.04. The Kier molecular flexibility index (Phi) is 10.5. The number of fused-ring (bicyclic) bond motifs is 1. The lowest BCUT2D eigenvalue weighted by Gasteiger charge is -2.33. The highest BCUT2D eigenvalue weighted by Crippen LogP contribution is 2.28. The SMILES string of the molecule is CCC(CCCCCN)Cn1c(NC(=O)c2cccnc2)nc2cc(C(=O)N(CC)C3CCCCC3)ccc21. The molecule has 0 spiro atoms. The lowest BCUT2D eigenvalue weighted by Crippen LogP contribution is -2.41. The lowest BCUT2D eigenvalue weighted by molar-refractivity contribution is 0.0648. The third-order valence-electron chi connectivity index (χ3n) is 8.10. The van der Waals surface area contributed by atoms with Crippen molar-refractivity contribution in [2.24, 2.45) is 11.7 Å². The summed E-state index contributed by atoms with van der Waals surface area (Å²) in [5.74, 6) is 0.760. The maximum atomic E-state index is 13.6. The van der Waals surface area contributed by atoms with Gasteiger partial charge in [0, 0.05) is 37.1 Å². The predicted octanol–water partition coefficient (Wildman–Crippen LogP) is 6.02. The number of anilines is 1. The first kappa shape index (κ1) is 28.7. The Bertz CT molecular complexity index is 1220. The smallest absolute Gasteiger partial charge is 0.259 e. The van der Waals surface area contributed by atoms with Crippen LogP contribution in [0, 0.1) is 5.92 Å². The molecule has 8 nitrogen and oxygen atoms in total. The van der Waals surface area contributed by atoms with Crippen molar-refractivity contribution in [1.82, 2.24) is 19.4 Å². The number of amides is 2. The molecule has 1 atom stereocenters. The van der Waals surface area contributed by atoms with Crippen molar-refractivity contribution in [3.05, 3.63) is 53.9 Å². The quantitative estimate of drug-likeness (QED) is 0.262. The minimum atomic E-state index is -0.249. The fraction of sp³-hybridized carbons (Fsp3) is 0.548. The second-order valence-electron chi connectivity index (χ2n) is 10.7. The van der Waals surface area contributed by atoms with Crippen LogP contribution < -0.4 is 11.1 Å². The van der Waals surface area contributed by atoms with E-state index in [-0.39, 0.29) is 11.8 Å². The molecular weight excluding hydrogens is 488 g/mol. The van der Waals surface area contributed by atoms with Crippen LogP contribution in [0.4, 0.5) is 5.95 Å². The highest BCUT2D eigenvalue weighted by Gasteiger charge is 2.26. The Morgan fingerprint density at radius 1 is 1.10 bits per heavy atom. The molecule has 1 fully saturated rings. The molecule has 0 saturated heterocycles. The minimum absolute atomic E-state index is 0.0631. The number of nitrogens with one attached hydrogen (secondary N) is 1. The van der Waals surface area contributed by atoms with E-state index >= 15 is 0 Å². The maximum absolute atomic E-state index is 13.6. The van der Waals surface area contributed by atoms with Gasteiger partial charge in [-0.2, -0.15) is 0 Å². The Hall–Kier alpha value is -3.26. The van der Waals surface area contributed by atoms with Gasteiger partial charge in [-0.05, 0) is 75.4 Å². The Morgan fingerprint density at radius 2 is 1.92 bits per heavy atom. The van der Waals surface area contributed by atoms with Gasteiger partial charge in [0.1, 0.15) is 0 Å². The summed E-state index contributed by atoms with van der Waals surface area (Å²) >= 11 is 0. The first-order chi connectivity index (χ1) is 19.0. The van der Waals surface area contributed by atoms with Crippen LogP contribution in [0.3, 0.4) is 0 Å². The van der Waals surface area contributed by atoms with Crippen LogP contribution in [-0.4, -0.2) is 50.4 Å². The summed E-state index contributed by atoms with van der Waals surface area (Å²) in [6.45, 7) is 6.44. The van der Waals surface area contributed by atoms with Crippen LogP contribution in [0.1, 0.15) is 98.8 Å². The number of unbranched alkanes of at least 4 members (excludes halogenated alkanes) is 2. The summed E-state index contributed by atoms with van der Waals surface area (Å²) in [5.41, 5.74) is 8.46. The fourth-order valence-corrected chi connectivity index (χ4v) is 5.78. The summed E-state index contributed by atoms with van der Waals surface area (Å²) in [6.07, 6.45) is 14.4. The molecule has 0 radical (unpaired) electrons. The zero-order valence-corrected chi connectivity index (χ0v) is 23.6. The number of pyridine rings is 1. The molecule has 2 heterocycles. The third-order valence-corrected chi connectivity index (χ3v) is 8.10. The molecule has 1 aliphatic rings. The Morgan fingerprint density at radius 3 is 2.62 bits per heavy atom. The molecule has 1 aromatic carbocycles. The van der Waals surface area contributed by atoms with Gasteiger partial charge < -0.3 is 15.2 Å². The van der Waals surface area contributed by atoms with E-state index < -0.39 is 0 Å². The van der Waals surface area contributed by atoms with Gasteiger partial charge in [-0.25, -0.2) is 4.98 Å². The van der Waals surface area contributed by atoms with Crippen molar-refractivity contribution >= 4 is 28.8 Å². The lowest BCUT2D eigenvalue weighted by atomic mass is 9.93. The van der Waals surface area contributed by atoms with Crippen LogP contribution in [0.15, 0.2) is 42.7 Å². The van der Waals surface area contributed by atoms with Crippen molar-refractivity contribution in [2.75, 3.05) is 18.4 Å². The van der Waals surface area contributed by atoms with E-state index in [9.17, 15) is 9.59 Å². The summed E-state index contributed by atoms with van der Waals surface area (Å²) in [7, 11) is 0. The molecule has 210 valence electrons. The average molecular weight is 533 g/mol.